The Hall–Kier alpha value is -3.34. The summed E-state index contributed by atoms with van der Waals surface area (Å²) in [7, 11) is 0. The van der Waals surface area contributed by atoms with Crippen molar-refractivity contribution < 1.29 is 62.9 Å². The first-order valence-electron chi connectivity index (χ1n) is 9.47. The van der Waals surface area contributed by atoms with Gasteiger partial charge in [0, 0.05) is 33.6 Å². The fraction of sp³-hybridized carbons (Fsp3) is 0.300. The van der Waals surface area contributed by atoms with E-state index < -0.39 is 80.3 Å². The van der Waals surface area contributed by atoms with Gasteiger partial charge >= 0.3 is 24.7 Å². The molecule has 0 aliphatic rings. The van der Waals surface area contributed by atoms with Crippen molar-refractivity contribution in [3.8, 4) is 0 Å². The zero-order chi connectivity index (χ0) is 28.7. The number of benzene rings is 3. The summed E-state index contributed by atoms with van der Waals surface area (Å²) >= 11 is 0. The Labute approximate surface area is 197 Å². The molecule has 0 atom stereocenters. The van der Waals surface area contributed by atoms with Crippen LogP contribution in [0.15, 0.2) is 30.3 Å². The largest absolute Gasteiger partial charge is 0.430 e. The SMILES string of the molecule is Nc1cc2cc3c(N)c(C(O)(C(F)(F)F)C(F)(F)F)c(N)cc3cc2cc1C(O)(C(F)(F)F)C(F)(F)F. The first kappa shape index (κ1) is 28.2. The smallest absolute Gasteiger partial charge is 0.398 e. The number of nitrogens with two attached hydrogens (primary N) is 3. The third-order valence-corrected chi connectivity index (χ3v) is 5.73. The average Bonchev–Trinajstić information content (AvgIpc) is 2.68. The normalized spacial score (nSPS) is 14.5. The van der Waals surface area contributed by atoms with E-state index in [9.17, 15) is 62.9 Å². The van der Waals surface area contributed by atoms with E-state index in [1.165, 1.54) is 0 Å². The summed E-state index contributed by atoms with van der Waals surface area (Å²) in [6.45, 7) is 0. The Balaban J connectivity index is 2.42. The first-order chi connectivity index (χ1) is 16.4. The van der Waals surface area contributed by atoms with Crippen LogP contribution in [0.3, 0.4) is 0 Å². The van der Waals surface area contributed by atoms with Gasteiger partial charge in [-0.15, -0.1) is 0 Å². The van der Waals surface area contributed by atoms with Gasteiger partial charge in [0.15, 0.2) is 0 Å². The Morgan fingerprint density at radius 3 is 1.32 bits per heavy atom. The zero-order valence-corrected chi connectivity index (χ0v) is 17.5. The number of rotatable bonds is 2. The lowest BCUT2D eigenvalue weighted by molar-refractivity contribution is -0.376. The van der Waals surface area contributed by atoms with Gasteiger partial charge in [0.05, 0.1) is 0 Å². The summed E-state index contributed by atoms with van der Waals surface area (Å²) in [5, 5.41) is 17.5. The van der Waals surface area contributed by atoms with Crippen molar-refractivity contribution in [2.45, 2.75) is 35.9 Å². The third-order valence-electron chi connectivity index (χ3n) is 5.73. The minimum atomic E-state index is -6.36. The number of halogens is 12. The van der Waals surface area contributed by atoms with Crippen LogP contribution in [-0.2, 0) is 11.2 Å². The average molecular weight is 555 g/mol. The van der Waals surface area contributed by atoms with Crippen LogP contribution in [0.4, 0.5) is 69.7 Å². The van der Waals surface area contributed by atoms with E-state index in [2.05, 4.69) is 0 Å². The van der Waals surface area contributed by atoms with Crippen molar-refractivity contribution in [2.24, 2.45) is 0 Å². The first-order valence-corrected chi connectivity index (χ1v) is 9.47. The molecule has 3 aromatic carbocycles. The van der Waals surface area contributed by atoms with Gasteiger partial charge in [-0.3, -0.25) is 0 Å². The summed E-state index contributed by atoms with van der Waals surface area (Å²) in [6, 6.07) is 2.60. The van der Waals surface area contributed by atoms with Crippen LogP contribution < -0.4 is 17.2 Å². The van der Waals surface area contributed by atoms with E-state index in [1.54, 1.807) is 0 Å². The Kier molecular flexibility index (Phi) is 5.98. The molecule has 0 radical (unpaired) electrons. The number of fused-ring (bicyclic) bond motifs is 2. The molecule has 3 rings (SSSR count). The Bertz CT molecular complexity index is 1360. The molecule has 0 saturated carbocycles. The molecule has 0 spiro atoms. The van der Waals surface area contributed by atoms with Gasteiger partial charge < -0.3 is 27.4 Å². The lowest BCUT2D eigenvalue weighted by Crippen LogP contribution is -2.54. The lowest BCUT2D eigenvalue weighted by atomic mass is 9.85. The van der Waals surface area contributed by atoms with E-state index in [0.717, 1.165) is 12.1 Å². The number of nitrogen functional groups attached to an aromatic ring is 3. The molecule has 0 aliphatic heterocycles. The quantitative estimate of drug-likeness (QED) is 0.166. The van der Waals surface area contributed by atoms with Crippen LogP contribution in [0.25, 0.3) is 21.5 Å². The second kappa shape index (κ2) is 7.83. The highest BCUT2D eigenvalue weighted by Gasteiger charge is 2.73. The van der Waals surface area contributed by atoms with Crippen molar-refractivity contribution in [1.29, 1.82) is 0 Å². The lowest BCUT2D eigenvalue weighted by Gasteiger charge is -2.34. The molecular weight excluding hydrogens is 542 g/mol. The van der Waals surface area contributed by atoms with E-state index in [4.69, 9.17) is 17.2 Å². The van der Waals surface area contributed by atoms with E-state index in [0.29, 0.717) is 12.1 Å². The second-order valence-corrected chi connectivity index (χ2v) is 8.03. The number of hydrogen-bond acceptors (Lipinski definition) is 5. The molecule has 5 nitrogen and oxygen atoms in total. The number of anilines is 3. The van der Waals surface area contributed by atoms with Crippen LogP contribution in [0.2, 0.25) is 0 Å². The van der Waals surface area contributed by atoms with Crippen LogP contribution in [0.1, 0.15) is 11.1 Å². The molecule has 0 aromatic heterocycles. The number of aliphatic hydroxyl groups is 2. The second-order valence-electron chi connectivity index (χ2n) is 8.03. The maximum Gasteiger partial charge on any atom is 0.430 e. The van der Waals surface area contributed by atoms with Crippen molar-refractivity contribution in [3.05, 3.63) is 41.5 Å². The summed E-state index contributed by atoms with van der Waals surface area (Å²) in [5.41, 5.74) is -2.47. The summed E-state index contributed by atoms with van der Waals surface area (Å²) in [4.78, 5) is 0. The molecule has 0 heterocycles. The monoisotopic (exact) mass is 555 g/mol. The predicted molar refractivity (Wildman–Crippen MR) is 107 cm³/mol. The minimum Gasteiger partial charge on any atom is -0.398 e. The highest BCUT2D eigenvalue weighted by atomic mass is 19.4. The van der Waals surface area contributed by atoms with Crippen LogP contribution in [0, 0.1) is 0 Å². The number of hydrogen-bond donors (Lipinski definition) is 5. The van der Waals surface area contributed by atoms with Gasteiger partial charge in [0.2, 0.25) is 0 Å². The topological polar surface area (TPSA) is 119 Å². The summed E-state index contributed by atoms with van der Waals surface area (Å²) < 4.78 is 160. The van der Waals surface area contributed by atoms with Crippen LogP contribution in [-0.4, -0.2) is 34.9 Å². The fourth-order valence-electron chi connectivity index (χ4n) is 3.89. The van der Waals surface area contributed by atoms with Gasteiger partial charge in [-0.25, -0.2) is 0 Å². The van der Waals surface area contributed by atoms with Crippen molar-refractivity contribution in [1.82, 2.24) is 0 Å². The van der Waals surface area contributed by atoms with E-state index in [1.807, 2.05) is 0 Å². The third kappa shape index (κ3) is 3.91. The van der Waals surface area contributed by atoms with Crippen molar-refractivity contribution >= 4 is 38.6 Å². The van der Waals surface area contributed by atoms with E-state index in [-0.39, 0.29) is 11.5 Å². The highest BCUT2D eigenvalue weighted by molar-refractivity contribution is 6.07. The van der Waals surface area contributed by atoms with Gasteiger partial charge in [0.1, 0.15) is 0 Å². The molecular formula is C20H13F12N3O2. The van der Waals surface area contributed by atoms with Gasteiger partial charge in [-0.2, -0.15) is 52.7 Å². The maximum absolute atomic E-state index is 13.4. The molecule has 0 fully saturated rings. The molecule has 204 valence electrons. The van der Waals surface area contributed by atoms with Crippen LogP contribution >= 0.6 is 0 Å². The molecule has 8 N–H and O–H groups in total. The minimum absolute atomic E-state index is 0.202. The standard InChI is InChI=1S/C20H13F12N3O2/c21-17(22,23)15(36,18(24,25)26)10-3-6-1-8-5-12(34)13(16(37,19(27,28)29)20(30,31)32)14(35)9(8)2-7(6)4-11(10)33/h1-5,36-37H,33-35H2. The molecule has 37 heavy (non-hydrogen) atoms. The van der Waals surface area contributed by atoms with Gasteiger partial charge in [-0.05, 0) is 46.5 Å². The van der Waals surface area contributed by atoms with E-state index >= 15 is 0 Å². The number of alkyl halides is 12. The van der Waals surface area contributed by atoms with Gasteiger partial charge in [-0.1, -0.05) is 0 Å². The van der Waals surface area contributed by atoms with Crippen LogP contribution in [0.5, 0.6) is 0 Å². The fourth-order valence-corrected chi connectivity index (χ4v) is 3.89. The highest BCUT2D eigenvalue weighted by Crippen LogP contribution is 2.55. The summed E-state index contributed by atoms with van der Waals surface area (Å²) in [6.07, 6.45) is -25.3. The van der Waals surface area contributed by atoms with Crippen molar-refractivity contribution in [2.75, 3.05) is 17.2 Å². The predicted octanol–water partition coefficient (Wildman–Crippen LogP) is 5.36. The van der Waals surface area contributed by atoms with Crippen molar-refractivity contribution in [3.63, 3.8) is 0 Å². The molecule has 0 amide bonds. The molecule has 0 bridgehead atoms. The molecule has 0 saturated heterocycles. The zero-order valence-electron chi connectivity index (χ0n) is 17.5. The summed E-state index contributed by atoms with van der Waals surface area (Å²) in [5.74, 6) is 0. The Morgan fingerprint density at radius 2 is 0.892 bits per heavy atom. The Morgan fingerprint density at radius 1 is 0.486 bits per heavy atom. The molecule has 0 aliphatic carbocycles. The maximum atomic E-state index is 13.4. The molecule has 0 unspecified atom stereocenters. The molecule has 3 aromatic rings. The van der Waals surface area contributed by atoms with Gasteiger partial charge in [0.25, 0.3) is 11.2 Å². The molecule has 17 heteroatoms.